The fourth-order valence-electron chi connectivity index (χ4n) is 1.65. The van der Waals surface area contributed by atoms with Gasteiger partial charge in [0, 0.05) is 0 Å². The number of ether oxygens (including phenoxy) is 1. The number of nitrogens with two attached hydrogens (primary N) is 1. The minimum atomic E-state index is 0.418. The standard InChI is InChI=1S/C14H13Cl2NO/c15-11-5-3-7-13(14(11)16)18-12-6-2-1-4-10(12)8-9-17/h1-7H,8-9,17H2. The highest BCUT2D eigenvalue weighted by molar-refractivity contribution is 6.42. The summed E-state index contributed by atoms with van der Waals surface area (Å²) < 4.78 is 5.80. The SMILES string of the molecule is NCCc1ccccc1Oc1cccc(Cl)c1Cl. The molecule has 4 heteroatoms. The van der Waals surface area contributed by atoms with Gasteiger partial charge >= 0.3 is 0 Å². The van der Waals surface area contributed by atoms with Gasteiger partial charge in [-0.2, -0.15) is 0 Å². The zero-order chi connectivity index (χ0) is 13.0. The fraction of sp³-hybridized carbons (Fsp3) is 0.143. The largest absolute Gasteiger partial charge is 0.455 e. The highest BCUT2D eigenvalue weighted by atomic mass is 35.5. The third kappa shape index (κ3) is 2.96. The van der Waals surface area contributed by atoms with Crippen LogP contribution in [0.3, 0.4) is 0 Å². The van der Waals surface area contributed by atoms with Crippen LogP contribution < -0.4 is 10.5 Å². The molecule has 18 heavy (non-hydrogen) atoms. The second-order valence-corrected chi connectivity index (χ2v) is 4.59. The number of hydrogen-bond acceptors (Lipinski definition) is 2. The van der Waals surface area contributed by atoms with E-state index in [-0.39, 0.29) is 0 Å². The van der Waals surface area contributed by atoms with E-state index in [0.29, 0.717) is 22.3 Å². The van der Waals surface area contributed by atoms with Crippen molar-refractivity contribution in [3.8, 4) is 11.5 Å². The summed E-state index contributed by atoms with van der Waals surface area (Å²) in [4.78, 5) is 0. The molecule has 94 valence electrons. The summed E-state index contributed by atoms with van der Waals surface area (Å²) in [5, 5.41) is 0.896. The van der Waals surface area contributed by atoms with E-state index in [1.54, 1.807) is 18.2 Å². The molecule has 0 heterocycles. The molecule has 0 spiro atoms. The monoisotopic (exact) mass is 281 g/mol. The van der Waals surface area contributed by atoms with Gasteiger partial charge in [0.2, 0.25) is 0 Å². The van der Waals surface area contributed by atoms with Gasteiger partial charge in [-0.1, -0.05) is 47.5 Å². The molecule has 0 aromatic heterocycles. The van der Waals surface area contributed by atoms with Crippen molar-refractivity contribution < 1.29 is 4.74 Å². The molecule has 2 nitrogen and oxygen atoms in total. The molecule has 0 aliphatic heterocycles. The molecule has 0 atom stereocenters. The summed E-state index contributed by atoms with van der Waals surface area (Å²) >= 11 is 12.0. The maximum Gasteiger partial charge on any atom is 0.147 e. The van der Waals surface area contributed by atoms with E-state index in [1.807, 2.05) is 24.3 Å². The van der Waals surface area contributed by atoms with Crippen LogP contribution >= 0.6 is 23.2 Å². The van der Waals surface area contributed by atoms with Crippen molar-refractivity contribution in [1.29, 1.82) is 0 Å². The Morgan fingerprint density at radius 1 is 0.944 bits per heavy atom. The first-order chi connectivity index (χ1) is 8.72. The van der Waals surface area contributed by atoms with Crippen molar-refractivity contribution in [2.75, 3.05) is 6.54 Å². The Bertz CT molecular complexity index is 543. The zero-order valence-corrected chi connectivity index (χ0v) is 11.2. The molecule has 0 aliphatic carbocycles. The van der Waals surface area contributed by atoms with Gasteiger partial charge in [-0.15, -0.1) is 0 Å². The lowest BCUT2D eigenvalue weighted by molar-refractivity contribution is 0.476. The summed E-state index contributed by atoms with van der Waals surface area (Å²) in [6.45, 7) is 0.573. The van der Waals surface area contributed by atoms with Crippen LogP contribution in [0.1, 0.15) is 5.56 Å². The first kappa shape index (κ1) is 13.2. The van der Waals surface area contributed by atoms with E-state index in [1.165, 1.54) is 0 Å². The van der Waals surface area contributed by atoms with Crippen molar-refractivity contribution in [1.82, 2.24) is 0 Å². The van der Waals surface area contributed by atoms with E-state index in [4.69, 9.17) is 33.7 Å². The summed E-state index contributed by atoms with van der Waals surface area (Å²) in [7, 11) is 0. The molecular weight excluding hydrogens is 269 g/mol. The summed E-state index contributed by atoms with van der Waals surface area (Å²) in [6.07, 6.45) is 0.758. The van der Waals surface area contributed by atoms with Crippen LogP contribution in [0.15, 0.2) is 42.5 Å². The van der Waals surface area contributed by atoms with Crippen LogP contribution in [0, 0.1) is 0 Å². The normalized spacial score (nSPS) is 10.4. The minimum Gasteiger partial charge on any atom is -0.455 e. The van der Waals surface area contributed by atoms with Crippen molar-refractivity contribution in [3.63, 3.8) is 0 Å². The Kier molecular flexibility index (Phi) is 4.48. The van der Waals surface area contributed by atoms with Crippen LogP contribution in [0.5, 0.6) is 11.5 Å². The number of para-hydroxylation sites is 1. The topological polar surface area (TPSA) is 35.2 Å². The quantitative estimate of drug-likeness (QED) is 0.908. The minimum absolute atomic E-state index is 0.418. The molecule has 0 bridgehead atoms. The van der Waals surface area contributed by atoms with E-state index >= 15 is 0 Å². The molecule has 2 N–H and O–H groups in total. The van der Waals surface area contributed by atoms with Gasteiger partial charge in [-0.05, 0) is 36.7 Å². The van der Waals surface area contributed by atoms with E-state index in [2.05, 4.69) is 0 Å². The summed E-state index contributed by atoms with van der Waals surface area (Å²) in [5.74, 6) is 1.31. The average molecular weight is 282 g/mol. The van der Waals surface area contributed by atoms with Crippen LogP contribution in [-0.2, 0) is 6.42 Å². The first-order valence-corrected chi connectivity index (χ1v) is 6.38. The highest BCUT2D eigenvalue weighted by Crippen LogP contribution is 2.35. The van der Waals surface area contributed by atoms with Gasteiger partial charge < -0.3 is 10.5 Å². The third-order valence-corrected chi connectivity index (χ3v) is 3.32. The molecule has 0 saturated carbocycles. The van der Waals surface area contributed by atoms with Crippen molar-refractivity contribution >= 4 is 23.2 Å². The van der Waals surface area contributed by atoms with Crippen molar-refractivity contribution in [2.24, 2.45) is 5.73 Å². The molecule has 0 amide bonds. The summed E-state index contributed by atoms with van der Waals surface area (Å²) in [5.41, 5.74) is 6.63. The number of benzene rings is 2. The van der Waals surface area contributed by atoms with Crippen molar-refractivity contribution in [2.45, 2.75) is 6.42 Å². The van der Waals surface area contributed by atoms with E-state index in [9.17, 15) is 0 Å². The van der Waals surface area contributed by atoms with Crippen LogP contribution in [-0.4, -0.2) is 6.54 Å². The summed E-state index contributed by atoms with van der Waals surface area (Å²) in [6, 6.07) is 13.1. The number of halogens is 2. The van der Waals surface area contributed by atoms with Crippen LogP contribution in [0.25, 0.3) is 0 Å². The average Bonchev–Trinajstić information content (AvgIpc) is 2.37. The second-order valence-electron chi connectivity index (χ2n) is 3.80. The highest BCUT2D eigenvalue weighted by Gasteiger charge is 2.08. The Morgan fingerprint density at radius 3 is 2.44 bits per heavy atom. The maximum absolute atomic E-state index is 6.09. The molecule has 0 radical (unpaired) electrons. The van der Waals surface area contributed by atoms with Crippen LogP contribution in [0.4, 0.5) is 0 Å². The fourth-order valence-corrected chi connectivity index (χ4v) is 1.98. The Balaban J connectivity index is 2.31. The number of rotatable bonds is 4. The smallest absolute Gasteiger partial charge is 0.147 e. The van der Waals surface area contributed by atoms with Gasteiger partial charge in [0.25, 0.3) is 0 Å². The second kappa shape index (κ2) is 6.10. The molecule has 2 rings (SSSR count). The Morgan fingerprint density at radius 2 is 1.67 bits per heavy atom. The lowest BCUT2D eigenvalue weighted by Gasteiger charge is -2.12. The Hall–Kier alpha value is -1.22. The molecule has 0 fully saturated rings. The zero-order valence-electron chi connectivity index (χ0n) is 9.70. The van der Waals surface area contributed by atoms with Crippen molar-refractivity contribution in [3.05, 3.63) is 58.1 Å². The van der Waals surface area contributed by atoms with Gasteiger partial charge in [0.15, 0.2) is 0 Å². The van der Waals surface area contributed by atoms with E-state index in [0.717, 1.165) is 17.7 Å². The molecule has 2 aromatic carbocycles. The number of hydrogen-bond donors (Lipinski definition) is 1. The van der Waals surface area contributed by atoms with Gasteiger partial charge in [-0.3, -0.25) is 0 Å². The molecule has 0 unspecified atom stereocenters. The van der Waals surface area contributed by atoms with Gasteiger partial charge in [-0.25, -0.2) is 0 Å². The molecule has 0 saturated heterocycles. The predicted octanol–water partition coefficient (Wildman–Crippen LogP) is 4.29. The lowest BCUT2D eigenvalue weighted by Crippen LogP contribution is -2.03. The molecule has 0 aliphatic rings. The Labute approximate surface area is 116 Å². The first-order valence-electron chi connectivity index (χ1n) is 5.62. The van der Waals surface area contributed by atoms with Gasteiger partial charge in [0.05, 0.1) is 5.02 Å². The molecular formula is C14H13Cl2NO. The predicted molar refractivity (Wildman–Crippen MR) is 75.7 cm³/mol. The molecule has 2 aromatic rings. The van der Waals surface area contributed by atoms with Crippen LogP contribution in [0.2, 0.25) is 10.0 Å². The lowest BCUT2D eigenvalue weighted by atomic mass is 10.1. The van der Waals surface area contributed by atoms with E-state index < -0.39 is 0 Å². The third-order valence-electron chi connectivity index (χ3n) is 2.52. The maximum atomic E-state index is 6.09. The van der Waals surface area contributed by atoms with Gasteiger partial charge in [0.1, 0.15) is 16.5 Å².